The Labute approximate surface area is 115 Å². The molecule has 92 valence electrons. The minimum Gasteiger partial charge on any atom is -0.357 e. The maximum Gasteiger partial charge on any atom is 0.191 e. The highest BCUT2D eigenvalue weighted by Crippen LogP contribution is 2.04. The van der Waals surface area contributed by atoms with Gasteiger partial charge in [0, 0.05) is 18.3 Å². The van der Waals surface area contributed by atoms with E-state index >= 15 is 0 Å². The highest BCUT2D eigenvalue weighted by atomic mass is 127. The predicted molar refractivity (Wildman–Crippen MR) is 82.7 cm³/mol. The van der Waals surface area contributed by atoms with Crippen molar-refractivity contribution in [3.05, 3.63) is 0 Å². The van der Waals surface area contributed by atoms with E-state index in [4.69, 9.17) is 0 Å². The molecule has 1 atom stereocenters. The van der Waals surface area contributed by atoms with Gasteiger partial charge in [-0.15, -0.1) is 24.0 Å². The van der Waals surface area contributed by atoms with Crippen LogP contribution in [0.1, 0.15) is 27.2 Å². The predicted octanol–water partition coefficient (Wildman–Crippen LogP) is 2.32. The van der Waals surface area contributed by atoms with Gasteiger partial charge in [0.1, 0.15) is 0 Å². The lowest BCUT2D eigenvalue weighted by atomic mass is 10.5. The number of halogens is 1. The zero-order valence-electron chi connectivity index (χ0n) is 10.2. The molecule has 0 radical (unpaired) electrons. The molecule has 2 N–H and O–H groups in total. The summed E-state index contributed by atoms with van der Waals surface area (Å²) in [5.41, 5.74) is 0. The third-order valence-electron chi connectivity index (χ3n) is 1.80. The first-order valence-corrected chi connectivity index (χ1v) is 6.58. The standard InChI is InChI=1S/C10H23N3S.HI/c1-5-7-12-10(11-6-2)13-8-9(3)14-4;/h9H,5-8H2,1-4H3,(H2,11,12,13);1H. The molecule has 15 heavy (non-hydrogen) atoms. The number of nitrogens with one attached hydrogen (secondary N) is 2. The van der Waals surface area contributed by atoms with E-state index in [-0.39, 0.29) is 24.0 Å². The van der Waals surface area contributed by atoms with Crippen LogP contribution in [-0.4, -0.2) is 37.1 Å². The summed E-state index contributed by atoms with van der Waals surface area (Å²) in [7, 11) is 0. The fourth-order valence-corrected chi connectivity index (χ4v) is 1.10. The molecule has 0 aromatic rings. The number of thioether (sulfide) groups is 1. The van der Waals surface area contributed by atoms with Crippen LogP contribution in [0.3, 0.4) is 0 Å². The molecule has 0 aliphatic carbocycles. The molecule has 0 aromatic heterocycles. The largest absolute Gasteiger partial charge is 0.357 e. The van der Waals surface area contributed by atoms with Gasteiger partial charge in [0.15, 0.2) is 5.96 Å². The second kappa shape index (κ2) is 12.4. The first kappa shape index (κ1) is 17.7. The molecule has 0 spiro atoms. The molecule has 1 unspecified atom stereocenters. The smallest absolute Gasteiger partial charge is 0.191 e. The number of hydrogen-bond acceptors (Lipinski definition) is 2. The van der Waals surface area contributed by atoms with Gasteiger partial charge in [-0.05, 0) is 19.6 Å². The topological polar surface area (TPSA) is 36.4 Å². The van der Waals surface area contributed by atoms with Crippen LogP contribution in [0.2, 0.25) is 0 Å². The van der Waals surface area contributed by atoms with Crippen LogP contribution in [0.5, 0.6) is 0 Å². The monoisotopic (exact) mass is 345 g/mol. The second-order valence-corrected chi connectivity index (χ2v) is 4.47. The summed E-state index contributed by atoms with van der Waals surface area (Å²) in [5.74, 6) is 0.940. The number of guanidine groups is 1. The van der Waals surface area contributed by atoms with E-state index < -0.39 is 0 Å². The average Bonchev–Trinajstić information content (AvgIpc) is 2.21. The van der Waals surface area contributed by atoms with Crippen LogP contribution < -0.4 is 10.6 Å². The molecule has 0 bridgehead atoms. The Balaban J connectivity index is 0. The van der Waals surface area contributed by atoms with Crippen molar-refractivity contribution in [3.8, 4) is 0 Å². The fourth-order valence-electron chi connectivity index (χ4n) is 0.880. The molecule has 0 rings (SSSR count). The quantitative estimate of drug-likeness (QED) is 0.441. The van der Waals surface area contributed by atoms with E-state index in [0.717, 1.165) is 32.0 Å². The van der Waals surface area contributed by atoms with Crippen molar-refractivity contribution in [2.45, 2.75) is 32.4 Å². The van der Waals surface area contributed by atoms with Crippen molar-refractivity contribution >= 4 is 41.7 Å². The van der Waals surface area contributed by atoms with E-state index in [9.17, 15) is 0 Å². The normalized spacial score (nSPS) is 12.9. The van der Waals surface area contributed by atoms with Gasteiger partial charge in [0.05, 0.1) is 6.54 Å². The Morgan fingerprint density at radius 1 is 1.33 bits per heavy atom. The summed E-state index contributed by atoms with van der Waals surface area (Å²) in [6, 6.07) is 0. The number of nitrogens with zero attached hydrogens (tertiary/aromatic N) is 1. The van der Waals surface area contributed by atoms with Crippen LogP contribution in [0.25, 0.3) is 0 Å². The first-order valence-electron chi connectivity index (χ1n) is 5.29. The van der Waals surface area contributed by atoms with Crippen molar-refractivity contribution in [1.82, 2.24) is 10.6 Å². The van der Waals surface area contributed by atoms with Crippen molar-refractivity contribution < 1.29 is 0 Å². The van der Waals surface area contributed by atoms with Crippen LogP contribution in [0, 0.1) is 0 Å². The Morgan fingerprint density at radius 3 is 2.47 bits per heavy atom. The van der Waals surface area contributed by atoms with Gasteiger partial charge in [0.2, 0.25) is 0 Å². The lowest BCUT2D eigenvalue weighted by molar-refractivity contribution is 0.782. The Hall–Kier alpha value is 0.350. The summed E-state index contributed by atoms with van der Waals surface area (Å²) in [4.78, 5) is 4.50. The lowest BCUT2D eigenvalue weighted by Gasteiger charge is -2.11. The SMILES string of the molecule is CCCNC(=NCC(C)SC)NCC.I. The van der Waals surface area contributed by atoms with E-state index in [0.29, 0.717) is 5.25 Å². The molecule has 0 heterocycles. The molecule has 0 aromatic carbocycles. The van der Waals surface area contributed by atoms with E-state index in [1.165, 1.54) is 0 Å². The Bertz CT molecular complexity index is 165. The molecule has 3 nitrogen and oxygen atoms in total. The summed E-state index contributed by atoms with van der Waals surface area (Å²) < 4.78 is 0. The van der Waals surface area contributed by atoms with Gasteiger partial charge in [0.25, 0.3) is 0 Å². The highest BCUT2D eigenvalue weighted by molar-refractivity contribution is 14.0. The first-order chi connectivity index (χ1) is 6.74. The van der Waals surface area contributed by atoms with Crippen LogP contribution >= 0.6 is 35.7 Å². The maximum atomic E-state index is 4.50. The molecule has 0 amide bonds. The molecular formula is C10H24IN3S. The number of rotatable bonds is 6. The van der Waals surface area contributed by atoms with E-state index in [1.807, 2.05) is 11.8 Å². The molecule has 5 heteroatoms. The van der Waals surface area contributed by atoms with Gasteiger partial charge in [-0.3, -0.25) is 4.99 Å². The van der Waals surface area contributed by atoms with Crippen LogP contribution in [0.4, 0.5) is 0 Å². The van der Waals surface area contributed by atoms with Gasteiger partial charge in [-0.1, -0.05) is 13.8 Å². The van der Waals surface area contributed by atoms with Crippen molar-refractivity contribution in [1.29, 1.82) is 0 Å². The van der Waals surface area contributed by atoms with Crippen molar-refractivity contribution in [3.63, 3.8) is 0 Å². The lowest BCUT2D eigenvalue weighted by Crippen LogP contribution is -2.38. The molecule has 0 aliphatic heterocycles. The van der Waals surface area contributed by atoms with Gasteiger partial charge < -0.3 is 10.6 Å². The zero-order chi connectivity index (χ0) is 10.8. The van der Waals surface area contributed by atoms with Crippen molar-refractivity contribution in [2.75, 3.05) is 25.9 Å². The zero-order valence-corrected chi connectivity index (χ0v) is 13.3. The van der Waals surface area contributed by atoms with Gasteiger partial charge >= 0.3 is 0 Å². The molecular weight excluding hydrogens is 321 g/mol. The number of hydrogen-bond donors (Lipinski definition) is 2. The summed E-state index contributed by atoms with van der Waals surface area (Å²) in [5, 5.41) is 7.10. The third kappa shape index (κ3) is 10.6. The molecule has 0 fully saturated rings. The minimum atomic E-state index is 0. The van der Waals surface area contributed by atoms with E-state index in [2.05, 4.69) is 42.7 Å². The summed E-state index contributed by atoms with van der Waals surface area (Å²) in [6.07, 6.45) is 3.25. The molecule has 0 aliphatic rings. The summed E-state index contributed by atoms with van der Waals surface area (Å²) in [6.45, 7) is 9.21. The Morgan fingerprint density at radius 2 is 2.00 bits per heavy atom. The summed E-state index contributed by atoms with van der Waals surface area (Å²) >= 11 is 1.85. The second-order valence-electron chi connectivity index (χ2n) is 3.19. The average molecular weight is 345 g/mol. The minimum absolute atomic E-state index is 0. The molecule has 0 saturated carbocycles. The van der Waals surface area contributed by atoms with Gasteiger partial charge in [-0.2, -0.15) is 11.8 Å². The maximum absolute atomic E-state index is 4.50. The van der Waals surface area contributed by atoms with Crippen molar-refractivity contribution in [2.24, 2.45) is 4.99 Å². The third-order valence-corrected chi connectivity index (χ3v) is 2.75. The number of aliphatic imine (C=N–C) groups is 1. The fraction of sp³-hybridized carbons (Fsp3) is 0.900. The highest BCUT2D eigenvalue weighted by Gasteiger charge is 1.99. The van der Waals surface area contributed by atoms with Gasteiger partial charge in [-0.25, -0.2) is 0 Å². The van der Waals surface area contributed by atoms with Crippen LogP contribution in [0.15, 0.2) is 4.99 Å². The van der Waals surface area contributed by atoms with E-state index in [1.54, 1.807) is 0 Å². The Kier molecular flexibility index (Phi) is 14.7. The molecule has 0 saturated heterocycles. The van der Waals surface area contributed by atoms with Crippen LogP contribution in [-0.2, 0) is 0 Å².